The fourth-order valence-electron chi connectivity index (χ4n) is 2.05. The fraction of sp³-hybridized carbons (Fsp3) is 0.583. The molecule has 3 heteroatoms. The van der Waals surface area contributed by atoms with Crippen LogP contribution >= 0.6 is 0 Å². The van der Waals surface area contributed by atoms with Crippen molar-refractivity contribution in [1.29, 1.82) is 0 Å². The van der Waals surface area contributed by atoms with Crippen LogP contribution in [0, 0.1) is 6.92 Å². The van der Waals surface area contributed by atoms with E-state index in [-0.39, 0.29) is 0 Å². The average Bonchev–Trinajstić information content (AvgIpc) is 2.22. The van der Waals surface area contributed by atoms with E-state index in [4.69, 9.17) is 0 Å². The minimum absolute atomic E-state index is 0.526. The van der Waals surface area contributed by atoms with E-state index in [1.54, 1.807) is 0 Å². The van der Waals surface area contributed by atoms with Crippen molar-refractivity contribution in [2.45, 2.75) is 31.8 Å². The minimum Gasteiger partial charge on any atom is -0.389 e. The Hall–Kier alpha value is -0.930. The van der Waals surface area contributed by atoms with Gasteiger partial charge in [0.25, 0.3) is 0 Å². The second-order valence-electron chi connectivity index (χ2n) is 4.46. The van der Waals surface area contributed by atoms with Crippen molar-refractivity contribution in [3.05, 3.63) is 29.6 Å². The molecular weight excluding hydrogens is 188 g/mol. The van der Waals surface area contributed by atoms with E-state index in [1.165, 1.54) is 0 Å². The Morgan fingerprint density at radius 2 is 2.13 bits per heavy atom. The van der Waals surface area contributed by atoms with Crippen LogP contribution in [0.5, 0.6) is 0 Å². The largest absolute Gasteiger partial charge is 0.389 e. The van der Waals surface area contributed by atoms with Crippen LogP contribution in [0.3, 0.4) is 0 Å². The third-order valence-electron chi connectivity index (χ3n) is 3.04. The van der Waals surface area contributed by atoms with Gasteiger partial charge in [-0.1, -0.05) is 6.07 Å². The third kappa shape index (κ3) is 2.76. The molecule has 0 radical (unpaired) electrons. The Labute approximate surface area is 90.5 Å². The van der Waals surface area contributed by atoms with E-state index >= 15 is 0 Å². The van der Waals surface area contributed by atoms with Crippen LogP contribution in [0.15, 0.2) is 18.3 Å². The monoisotopic (exact) mass is 206 g/mol. The predicted molar refractivity (Wildman–Crippen MR) is 59.7 cm³/mol. The number of hydrogen-bond acceptors (Lipinski definition) is 3. The molecule has 0 atom stereocenters. The van der Waals surface area contributed by atoms with Crippen molar-refractivity contribution in [3.63, 3.8) is 0 Å². The van der Waals surface area contributed by atoms with Gasteiger partial charge in [-0.25, -0.2) is 0 Å². The van der Waals surface area contributed by atoms with Crippen LogP contribution < -0.4 is 5.32 Å². The fourth-order valence-corrected chi connectivity index (χ4v) is 2.05. The summed E-state index contributed by atoms with van der Waals surface area (Å²) in [5.74, 6) is 0. The number of pyridine rings is 1. The Kier molecular flexibility index (Phi) is 3.03. The van der Waals surface area contributed by atoms with Crippen molar-refractivity contribution < 1.29 is 5.11 Å². The van der Waals surface area contributed by atoms with Crippen LogP contribution in [0.1, 0.15) is 24.1 Å². The zero-order valence-corrected chi connectivity index (χ0v) is 9.16. The maximum atomic E-state index is 10.3. The van der Waals surface area contributed by atoms with Gasteiger partial charge in [0.15, 0.2) is 0 Å². The molecule has 1 fully saturated rings. The van der Waals surface area contributed by atoms with Crippen LogP contribution in [-0.4, -0.2) is 28.8 Å². The zero-order chi connectivity index (χ0) is 10.7. The lowest BCUT2D eigenvalue weighted by molar-refractivity contribution is 0.0108. The summed E-state index contributed by atoms with van der Waals surface area (Å²) in [7, 11) is 0. The quantitative estimate of drug-likeness (QED) is 0.760. The SMILES string of the molecule is Cc1ccc(CC2(O)CCNCC2)cn1. The number of nitrogens with zero attached hydrogens (tertiary/aromatic N) is 1. The number of aliphatic hydroxyl groups is 1. The first-order valence-corrected chi connectivity index (χ1v) is 5.53. The molecule has 1 aromatic rings. The Morgan fingerprint density at radius 1 is 1.40 bits per heavy atom. The molecule has 1 aliphatic rings. The lowest BCUT2D eigenvalue weighted by atomic mass is 9.86. The maximum absolute atomic E-state index is 10.3. The second kappa shape index (κ2) is 4.29. The Balaban J connectivity index is 2.03. The Bertz CT molecular complexity index is 315. The highest BCUT2D eigenvalue weighted by Crippen LogP contribution is 2.22. The lowest BCUT2D eigenvalue weighted by Gasteiger charge is -2.32. The predicted octanol–water partition coefficient (Wildman–Crippen LogP) is 1.05. The van der Waals surface area contributed by atoms with Crippen molar-refractivity contribution in [3.8, 4) is 0 Å². The lowest BCUT2D eigenvalue weighted by Crippen LogP contribution is -2.43. The summed E-state index contributed by atoms with van der Waals surface area (Å²) in [5.41, 5.74) is 1.63. The van der Waals surface area contributed by atoms with Gasteiger partial charge in [-0.05, 0) is 44.5 Å². The molecule has 2 rings (SSSR count). The minimum atomic E-state index is -0.526. The van der Waals surface area contributed by atoms with Crippen LogP contribution in [0.4, 0.5) is 0 Å². The highest BCUT2D eigenvalue weighted by atomic mass is 16.3. The molecule has 0 aromatic carbocycles. The van der Waals surface area contributed by atoms with Crippen LogP contribution in [0.2, 0.25) is 0 Å². The molecule has 0 spiro atoms. The van der Waals surface area contributed by atoms with Gasteiger partial charge in [0.05, 0.1) is 5.60 Å². The van der Waals surface area contributed by atoms with E-state index in [2.05, 4.69) is 16.4 Å². The highest BCUT2D eigenvalue weighted by molar-refractivity contribution is 5.15. The van der Waals surface area contributed by atoms with E-state index in [0.717, 1.165) is 43.6 Å². The van der Waals surface area contributed by atoms with Gasteiger partial charge in [0, 0.05) is 18.3 Å². The van der Waals surface area contributed by atoms with Crippen molar-refractivity contribution in [2.75, 3.05) is 13.1 Å². The van der Waals surface area contributed by atoms with Crippen molar-refractivity contribution in [1.82, 2.24) is 10.3 Å². The van der Waals surface area contributed by atoms with Gasteiger partial charge in [-0.3, -0.25) is 4.98 Å². The summed E-state index contributed by atoms with van der Waals surface area (Å²) in [4.78, 5) is 4.25. The number of hydrogen-bond donors (Lipinski definition) is 2. The van der Waals surface area contributed by atoms with E-state index < -0.39 is 5.60 Å². The molecule has 0 aliphatic carbocycles. The normalized spacial score (nSPS) is 20.1. The number of aryl methyl sites for hydroxylation is 1. The van der Waals surface area contributed by atoms with E-state index in [9.17, 15) is 5.11 Å². The summed E-state index contributed by atoms with van der Waals surface area (Å²) < 4.78 is 0. The van der Waals surface area contributed by atoms with Crippen LogP contribution in [0.25, 0.3) is 0 Å². The van der Waals surface area contributed by atoms with Gasteiger partial charge in [-0.15, -0.1) is 0 Å². The molecule has 1 aromatic heterocycles. The summed E-state index contributed by atoms with van der Waals surface area (Å²) in [6.45, 7) is 3.80. The summed E-state index contributed by atoms with van der Waals surface area (Å²) >= 11 is 0. The van der Waals surface area contributed by atoms with Gasteiger partial charge in [0.1, 0.15) is 0 Å². The topological polar surface area (TPSA) is 45.1 Å². The van der Waals surface area contributed by atoms with Gasteiger partial charge < -0.3 is 10.4 Å². The van der Waals surface area contributed by atoms with Gasteiger partial charge in [-0.2, -0.15) is 0 Å². The standard InChI is InChI=1S/C12H18N2O/c1-10-2-3-11(9-14-10)8-12(15)4-6-13-7-5-12/h2-3,9,13,15H,4-8H2,1H3. The molecule has 0 amide bonds. The first kappa shape index (κ1) is 10.6. The molecule has 2 heterocycles. The summed E-state index contributed by atoms with van der Waals surface area (Å²) in [6, 6.07) is 4.06. The molecule has 3 nitrogen and oxygen atoms in total. The molecule has 0 bridgehead atoms. The molecule has 15 heavy (non-hydrogen) atoms. The first-order valence-electron chi connectivity index (χ1n) is 5.53. The molecule has 1 saturated heterocycles. The van der Waals surface area contributed by atoms with Gasteiger partial charge >= 0.3 is 0 Å². The molecule has 0 saturated carbocycles. The zero-order valence-electron chi connectivity index (χ0n) is 9.16. The van der Waals surface area contributed by atoms with E-state index in [1.807, 2.05) is 19.2 Å². The van der Waals surface area contributed by atoms with Crippen LogP contribution in [-0.2, 0) is 6.42 Å². The molecule has 1 aliphatic heterocycles. The van der Waals surface area contributed by atoms with Crippen molar-refractivity contribution in [2.24, 2.45) is 0 Å². The summed E-state index contributed by atoms with van der Waals surface area (Å²) in [6.07, 6.45) is 4.26. The third-order valence-corrected chi connectivity index (χ3v) is 3.04. The number of aromatic nitrogens is 1. The number of piperidine rings is 1. The molecular formula is C12H18N2O. The molecule has 82 valence electrons. The highest BCUT2D eigenvalue weighted by Gasteiger charge is 2.29. The smallest absolute Gasteiger partial charge is 0.0712 e. The molecule has 2 N–H and O–H groups in total. The number of rotatable bonds is 2. The second-order valence-corrected chi connectivity index (χ2v) is 4.46. The Morgan fingerprint density at radius 3 is 2.73 bits per heavy atom. The van der Waals surface area contributed by atoms with E-state index in [0.29, 0.717) is 0 Å². The van der Waals surface area contributed by atoms with Gasteiger partial charge in [0.2, 0.25) is 0 Å². The molecule has 0 unspecified atom stereocenters. The maximum Gasteiger partial charge on any atom is 0.0712 e. The summed E-state index contributed by atoms with van der Waals surface area (Å²) in [5, 5.41) is 13.6. The van der Waals surface area contributed by atoms with Crippen molar-refractivity contribution >= 4 is 0 Å². The average molecular weight is 206 g/mol. The first-order chi connectivity index (χ1) is 7.18. The number of nitrogens with one attached hydrogen (secondary N) is 1.